The molecule has 29 heavy (non-hydrogen) atoms. The van der Waals surface area contributed by atoms with Gasteiger partial charge < -0.3 is 9.64 Å². The second-order valence-corrected chi connectivity index (χ2v) is 7.42. The van der Waals surface area contributed by atoms with Crippen molar-refractivity contribution in [2.45, 2.75) is 19.9 Å². The molecule has 0 aliphatic carbocycles. The molecule has 0 saturated carbocycles. The van der Waals surface area contributed by atoms with E-state index in [0.717, 1.165) is 51.3 Å². The first kappa shape index (κ1) is 17.8. The molecular formula is C22H22N6O. The van der Waals surface area contributed by atoms with Crippen molar-refractivity contribution in [1.82, 2.24) is 25.1 Å². The predicted octanol–water partition coefficient (Wildman–Crippen LogP) is 3.62. The van der Waals surface area contributed by atoms with Gasteiger partial charge in [0.25, 0.3) is 0 Å². The first-order valence-electron chi connectivity index (χ1n) is 9.76. The average Bonchev–Trinajstić information content (AvgIpc) is 3.27. The molecule has 0 bridgehead atoms. The topological polar surface area (TPSA) is 79.8 Å². The number of rotatable bonds is 3. The van der Waals surface area contributed by atoms with Crippen molar-refractivity contribution in [2.75, 3.05) is 24.7 Å². The molecule has 1 aliphatic rings. The Labute approximate surface area is 168 Å². The predicted molar refractivity (Wildman–Crippen MR) is 113 cm³/mol. The van der Waals surface area contributed by atoms with E-state index in [1.807, 2.05) is 30.7 Å². The summed E-state index contributed by atoms with van der Waals surface area (Å²) in [4.78, 5) is 16.4. The molecule has 0 aromatic carbocycles. The molecular weight excluding hydrogens is 364 g/mol. The van der Waals surface area contributed by atoms with Gasteiger partial charge in [-0.05, 0) is 49.2 Å². The van der Waals surface area contributed by atoms with Gasteiger partial charge >= 0.3 is 0 Å². The van der Waals surface area contributed by atoms with Crippen molar-refractivity contribution in [3.05, 3.63) is 54.6 Å². The second kappa shape index (κ2) is 7.25. The van der Waals surface area contributed by atoms with E-state index in [2.05, 4.69) is 51.0 Å². The third kappa shape index (κ3) is 3.23. The van der Waals surface area contributed by atoms with Gasteiger partial charge in [0.1, 0.15) is 17.0 Å². The molecule has 5 heterocycles. The Balaban J connectivity index is 1.79. The van der Waals surface area contributed by atoms with Gasteiger partial charge in [-0.3, -0.25) is 15.1 Å². The SMILES string of the molecule is Cc1cncc(-c2cc(N3CCOC[C@H]3C)nc3c(-c4ccn[nH]4)nccc23)c1. The zero-order chi connectivity index (χ0) is 19.8. The fraction of sp³-hybridized carbons (Fsp3) is 0.273. The minimum Gasteiger partial charge on any atom is -0.377 e. The molecule has 1 saturated heterocycles. The highest BCUT2D eigenvalue weighted by Crippen LogP contribution is 2.35. The summed E-state index contributed by atoms with van der Waals surface area (Å²) in [6.07, 6.45) is 7.33. The Bertz CT molecular complexity index is 1160. The van der Waals surface area contributed by atoms with Gasteiger partial charge in [0.2, 0.25) is 0 Å². The Morgan fingerprint density at radius 1 is 1.17 bits per heavy atom. The third-order valence-electron chi connectivity index (χ3n) is 5.32. The second-order valence-electron chi connectivity index (χ2n) is 7.42. The minimum atomic E-state index is 0.254. The number of morpholine rings is 1. The largest absolute Gasteiger partial charge is 0.377 e. The van der Waals surface area contributed by atoms with E-state index in [9.17, 15) is 0 Å². The van der Waals surface area contributed by atoms with Crippen LogP contribution in [-0.4, -0.2) is 50.9 Å². The van der Waals surface area contributed by atoms with Crippen molar-refractivity contribution in [1.29, 1.82) is 0 Å². The fourth-order valence-corrected chi connectivity index (χ4v) is 3.88. The number of aryl methyl sites for hydroxylation is 1. The van der Waals surface area contributed by atoms with Crippen LogP contribution >= 0.6 is 0 Å². The van der Waals surface area contributed by atoms with Crippen LogP contribution in [0.15, 0.2) is 49.1 Å². The van der Waals surface area contributed by atoms with E-state index >= 15 is 0 Å². The van der Waals surface area contributed by atoms with Crippen LogP contribution in [0.4, 0.5) is 5.82 Å². The van der Waals surface area contributed by atoms with Crippen molar-refractivity contribution < 1.29 is 4.74 Å². The molecule has 0 amide bonds. The molecule has 1 aliphatic heterocycles. The Morgan fingerprint density at radius 3 is 2.90 bits per heavy atom. The Hall–Kier alpha value is -3.32. The van der Waals surface area contributed by atoms with Crippen molar-refractivity contribution in [2.24, 2.45) is 0 Å². The van der Waals surface area contributed by atoms with Crippen LogP contribution in [0.2, 0.25) is 0 Å². The molecule has 146 valence electrons. The summed E-state index contributed by atoms with van der Waals surface area (Å²) in [5, 5.41) is 8.16. The quantitative estimate of drug-likeness (QED) is 0.579. The van der Waals surface area contributed by atoms with Crippen LogP contribution in [0.25, 0.3) is 33.4 Å². The molecule has 0 unspecified atom stereocenters. The van der Waals surface area contributed by atoms with E-state index in [1.54, 1.807) is 6.20 Å². The van der Waals surface area contributed by atoms with E-state index in [1.165, 1.54) is 0 Å². The summed E-state index contributed by atoms with van der Waals surface area (Å²) in [7, 11) is 0. The number of fused-ring (bicyclic) bond motifs is 1. The lowest BCUT2D eigenvalue weighted by Gasteiger charge is -2.34. The zero-order valence-electron chi connectivity index (χ0n) is 16.5. The lowest BCUT2D eigenvalue weighted by molar-refractivity contribution is 0.0986. The lowest BCUT2D eigenvalue weighted by Crippen LogP contribution is -2.44. The monoisotopic (exact) mass is 386 g/mol. The Morgan fingerprint density at radius 2 is 2.10 bits per heavy atom. The summed E-state index contributed by atoms with van der Waals surface area (Å²) in [6.45, 7) is 6.43. The van der Waals surface area contributed by atoms with E-state index in [0.29, 0.717) is 13.2 Å². The molecule has 1 fully saturated rings. The number of anilines is 1. The van der Waals surface area contributed by atoms with Crippen LogP contribution in [0.1, 0.15) is 12.5 Å². The number of aromatic nitrogens is 5. The van der Waals surface area contributed by atoms with Crippen molar-refractivity contribution in [3.63, 3.8) is 0 Å². The number of ether oxygens (including phenoxy) is 1. The molecule has 7 nitrogen and oxygen atoms in total. The number of nitrogens with one attached hydrogen (secondary N) is 1. The maximum absolute atomic E-state index is 5.63. The highest BCUT2D eigenvalue weighted by Gasteiger charge is 2.23. The molecule has 0 spiro atoms. The lowest BCUT2D eigenvalue weighted by atomic mass is 10.0. The Kier molecular flexibility index (Phi) is 4.44. The molecule has 4 aromatic rings. The van der Waals surface area contributed by atoms with Crippen LogP contribution in [-0.2, 0) is 4.74 Å². The smallest absolute Gasteiger partial charge is 0.130 e. The first-order chi connectivity index (χ1) is 14.2. The zero-order valence-corrected chi connectivity index (χ0v) is 16.5. The molecule has 0 radical (unpaired) electrons. The highest BCUT2D eigenvalue weighted by atomic mass is 16.5. The normalized spacial score (nSPS) is 17.0. The molecule has 1 atom stereocenters. The third-order valence-corrected chi connectivity index (χ3v) is 5.32. The number of hydrogen-bond acceptors (Lipinski definition) is 6. The standard InChI is InChI=1S/C22H22N6O/c1-14-9-16(12-23-11-14)18-10-20(28-7-8-29-13-15(28)2)26-21-17(18)3-5-24-22(21)19-4-6-25-27-19/h3-6,9-12,15H,7-8,13H2,1-2H3,(H,25,27)/t15-/m1/s1. The van der Waals surface area contributed by atoms with E-state index in [-0.39, 0.29) is 6.04 Å². The van der Waals surface area contributed by atoms with Gasteiger partial charge in [0.15, 0.2) is 0 Å². The van der Waals surface area contributed by atoms with Gasteiger partial charge in [-0.15, -0.1) is 0 Å². The van der Waals surface area contributed by atoms with Crippen molar-refractivity contribution in [3.8, 4) is 22.5 Å². The maximum atomic E-state index is 5.63. The summed E-state index contributed by atoms with van der Waals surface area (Å²) in [5.74, 6) is 0.929. The highest BCUT2D eigenvalue weighted by molar-refractivity contribution is 6.01. The molecule has 4 aromatic heterocycles. The van der Waals surface area contributed by atoms with Gasteiger partial charge in [-0.2, -0.15) is 5.10 Å². The summed E-state index contributed by atoms with van der Waals surface area (Å²) >= 11 is 0. The van der Waals surface area contributed by atoms with E-state index < -0.39 is 0 Å². The number of nitrogens with zero attached hydrogens (tertiary/aromatic N) is 5. The summed E-state index contributed by atoms with van der Waals surface area (Å²) < 4.78 is 5.63. The van der Waals surface area contributed by atoms with Gasteiger partial charge in [-0.25, -0.2) is 4.98 Å². The van der Waals surface area contributed by atoms with Gasteiger partial charge in [0, 0.05) is 42.3 Å². The van der Waals surface area contributed by atoms with Gasteiger partial charge in [-0.1, -0.05) is 0 Å². The minimum absolute atomic E-state index is 0.254. The molecule has 1 N–H and O–H groups in total. The number of hydrogen-bond donors (Lipinski definition) is 1. The first-order valence-corrected chi connectivity index (χ1v) is 9.76. The fourth-order valence-electron chi connectivity index (χ4n) is 3.88. The maximum Gasteiger partial charge on any atom is 0.130 e. The number of aromatic amines is 1. The summed E-state index contributed by atoms with van der Waals surface area (Å²) in [5.41, 5.74) is 5.79. The summed E-state index contributed by atoms with van der Waals surface area (Å²) in [6, 6.07) is 8.51. The van der Waals surface area contributed by atoms with Crippen molar-refractivity contribution >= 4 is 16.7 Å². The van der Waals surface area contributed by atoms with Crippen LogP contribution in [0, 0.1) is 6.92 Å². The van der Waals surface area contributed by atoms with E-state index in [4.69, 9.17) is 9.72 Å². The van der Waals surface area contributed by atoms with Gasteiger partial charge in [0.05, 0.1) is 24.9 Å². The number of pyridine rings is 3. The average molecular weight is 386 g/mol. The molecule has 5 rings (SSSR count). The molecule has 7 heteroatoms. The van der Waals surface area contributed by atoms with Crippen LogP contribution in [0.3, 0.4) is 0 Å². The van der Waals surface area contributed by atoms with Crippen LogP contribution in [0.5, 0.6) is 0 Å². The number of H-pyrrole nitrogens is 1. The van der Waals surface area contributed by atoms with Crippen LogP contribution < -0.4 is 4.90 Å².